The molecular weight excluding hydrogens is 214 g/mol. The molecule has 2 rings (SSSR count). The maximum absolute atomic E-state index is 12.0. The van der Waals surface area contributed by atoms with Crippen LogP contribution in [0.4, 0.5) is 0 Å². The fourth-order valence-electron chi connectivity index (χ4n) is 2.16. The third kappa shape index (κ3) is 1.97. The van der Waals surface area contributed by atoms with Crippen molar-refractivity contribution in [1.82, 2.24) is 4.90 Å². The molecule has 0 saturated carbocycles. The molecule has 0 aliphatic carbocycles. The Morgan fingerprint density at radius 2 is 2.00 bits per heavy atom. The van der Waals surface area contributed by atoms with Gasteiger partial charge in [-0.05, 0) is 30.0 Å². The lowest BCUT2D eigenvalue weighted by atomic mass is 9.92. The molecule has 0 radical (unpaired) electrons. The molecule has 1 aromatic rings. The van der Waals surface area contributed by atoms with Crippen molar-refractivity contribution in [3.8, 4) is 0 Å². The summed E-state index contributed by atoms with van der Waals surface area (Å²) in [5.41, 5.74) is 2.72. The summed E-state index contributed by atoms with van der Waals surface area (Å²) in [5, 5.41) is 0. The number of hydrogen-bond acceptors (Lipinski definition) is 2. The van der Waals surface area contributed by atoms with Gasteiger partial charge in [-0.2, -0.15) is 0 Å². The Morgan fingerprint density at radius 1 is 1.29 bits per heavy atom. The molecule has 0 bridgehead atoms. The fourth-order valence-corrected chi connectivity index (χ4v) is 2.16. The molecule has 17 heavy (non-hydrogen) atoms. The normalized spacial score (nSPS) is 15.4. The molecule has 1 aliphatic heterocycles. The van der Waals surface area contributed by atoms with Gasteiger partial charge < -0.3 is 0 Å². The number of imide groups is 1. The maximum atomic E-state index is 12.0. The van der Waals surface area contributed by atoms with Crippen LogP contribution in [-0.2, 0) is 11.2 Å². The highest BCUT2D eigenvalue weighted by Gasteiger charge is 2.29. The standard InChI is InChI=1S/C14H17NO2/c1-4-15-13(16)8-11-7-10(9(2)3)5-6-12(11)14(15)17/h5-7,9H,4,8H2,1-3H3. The second-order valence-corrected chi connectivity index (χ2v) is 4.69. The molecule has 3 heteroatoms. The molecule has 90 valence electrons. The van der Waals surface area contributed by atoms with Gasteiger partial charge in [0.15, 0.2) is 0 Å². The van der Waals surface area contributed by atoms with Crippen molar-refractivity contribution in [2.24, 2.45) is 0 Å². The van der Waals surface area contributed by atoms with Crippen molar-refractivity contribution in [3.05, 3.63) is 34.9 Å². The van der Waals surface area contributed by atoms with E-state index in [1.54, 1.807) is 0 Å². The molecule has 1 aromatic carbocycles. The fraction of sp³-hybridized carbons (Fsp3) is 0.429. The summed E-state index contributed by atoms with van der Waals surface area (Å²) in [6.07, 6.45) is 0.343. The molecular formula is C14H17NO2. The van der Waals surface area contributed by atoms with Crippen molar-refractivity contribution in [1.29, 1.82) is 0 Å². The Bertz CT molecular complexity index is 477. The highest BCUT2D eigenvalue weighted by atomic mass is 16.2. The van der Waals surface area contributed by atoms with Crippen molar-refractivity contribution in [3.63, 3.8) is 0 Å². The van der Waals surface area contributed by atoms with Crippen LogP contribution in [0, 0.1) is 0 Å². The lowest BCUT2D eigenvalue weighted by Crippen LogP contribution is -2.42. The van der Waals surface area contributed by atoms with Crippen LogP contribution >= 0.6 is 0 Å². The zero-order valence-corrected chi connectivity index (χ0v) is 10.5. The van der Waals surface area contributed by atoms with Gasteiger partial charge in [-0.25, -0.2) is 0 Å². The summed E-state index contributed by atoms with van der Waals surface area (Å²) in [6, 6.07) is 5.82. The Balaban J connectivity index is 2.46. The third-order valence-electron chi connectivity index (χ3n) is 3.23. The first-order valence-corrected chi connectivity index (χ1v) is 6.02. The minimum atomic E-state index is -0.158. The van der Waals surface area contributed by atoms with Crippen molar-refractivity contribution in [2.45, 2.75) is 33.1 Å². The van der Waals surface area contributed by atoms with Crippen LogP contribution in [0.3, 0.4) is 0 Å². The second kappa shape index (κ2) is 4.32. The predicted octanol–water partition coefficient (Wildman–Crippen LogP) is 2.35. The van der Waals surface area contributed by atoms with E-state index >= 15 is 0 Å². The number of benzene rings is 1. The van der Waals surface area contributed by atoms with Crippen LogP contribution in [0.5, 0.6) is 0 Å². The minimum absolute atomic E-state index is 0.0918. The lowest BCUT2D eigenvalue weighted by molar-refractivity contribution is -0.128. The number of fused-ring (bicyclic) bond motifs is 1. The quantitative estimate of drug-likeness (QED) is 0.733. The van der Waals surface area contributed by atoms with Crippen LogP contribution in [0.2, 0.25) is 0 Å². The molecule has 0 fully saturated rings. The molecule has 2 amide bonds. The monoisotopic (exact) mass is 231 g/mol. The van der Waals surface area contributed by atoms with Gasteiger partial charge in [0.05, 0.1) is 6.42 Å². The van der Waals surface area contributed by atoms with E-state index in [0.29, 0.717) is 24.4 Å². The molecule has 0 aromatic heterocycles. The van der Waals surface area contributed by atoms with Gasteiger partial charge in [0, 0.05) is 12.1 Å². The zero-order chi connectivity index (χ0) is 12.6. The lowest BCUT2D eigenvalue weighted by Gasteiger charge is -2.26. The molecule has 0 N–H and O–H groups in total. The number of rotatable bonds is 2. The summed E-state index contributed by atoms with van der Waals surface area (Å²) >= 11 is 0. The Morgan fingerprint density at radius 3 is 2.59 bits per heavy atom. The van der Waals surface area contributed by atoms with Crippen LogP contribution in [0.15, 0.2) is 18.2 Å². The molecule has 0 unspecified atom stereocenters. The predicted molar refractivity (Wildman–Crippen MR) is 66.0 cm³/mol. The Labute approximate surface area is 101 Å². The minimum Gasteiger partial charge on any atom is -0.278 e. The topological polar surface area (TPSA) is 37.4 Å². The van der Waals surface area contributed by atoms with Crippen molar-refractivity contribution in [2.75, 3.05) is 6.54 Å². The van der Waals surface area contributed by atoms with Crippen molar-refractivity contribution >= 4 is 11.8 Å². The van der Waals surface area contributed by atoms with E-state index in [9.17, 15) is 9.59 Å². The molecule has 1 heterocycles. The van der Waals surface area contributed by atoms with Crippen LogP contribution < -0.4 is 0 Å². The first kappa shape index (κ1) is 11.8. The summed E-state index contributed by atoms with van der Waals surface area (Å²) in [6.45, 7) is 6.48. The second-order valence-electron chi connectivity index (χ2n) is 4.69. The zero-order valence-electron chi connectivity index (χ0n) is 10.5. The van der Waals surface area contributed by atoms with Gasteiger partial charge in [0.1, 0.15) is 0 Å². The van der Waals surface area contributed by atoms with E-state index in [4.69, 9.17) is 0 Å². The largest absolute Gasteiger partial charge is 0.278 e. The maximum Gasteiger partial charge on any atom is 0.260 e. The van der Waals surface area contributed by atoms with Gasteiger partial charge in [0.2, 0.25) is 5.91 Å². The Hall–Kier alpha value is -1.64. The van der Waals surface area contributed by atoms with Gasteiger partial charge in [0.25, 0.3) is 5.91 Å². The van der Waals surface area contributed by atoms with Gasteiger partial charge in [-0.15, -0.1) is 0 Å². The van der Waals surface area contributed by atoms with Crippen molar-refractivity contribution < 1.29 is 9.59 Å². The average molecular weight is 231 g/mol. The summed E-state index contributed by atoms with van der Waals surface area (Å²) in [4.78, 5) is 25.1. The highest BCUT2D eigenvalue weighted by molar-refractivity contribution is 6.09. The van der Waals surface area contributed by atoms with Gasteiger partial charge >= 0.3 is 0 Å². The molecule has 3 nitrogen and oxygen atoms in total. The summed E-state index contributed by atoms with van der Waals surface area (Å²) < 4.78 is 0. The van der Waals surface area contributed by atoms with E-state index in [0.717, 1.165) is 5.56 Å². The van der Waals surface area contributed by atoms with E-state index in [-0.39, 0.29) is 11.8 Å². The smallest absolute Gasteiger partial charge is 0.260 e. The van der Waals surface area contributed by atoms with Crippen LogP contribution in [0.1, 0.15) is 48.2 Å². The molecule has 0 saturated heterocycles. The summed E-state index contributed by atoms with van der Waals surface area (Å²) in [7, 11) is 0. The van der Waals surface area contributed by atoms with Gasteiger partial charge in [-0.1, -0.05) is 26.0 Å². The highest BCUT2D eigenvalue weighted by Crippen LogP contribution is 2.24. The molecule has 0 atom stereocenters. The van der Waals surface area contributed by atoms with Crippen LogP contribution in [-0.4, -0.2) is 23.3 Å². The third-order valence-corrected chi connectivity index (χ3v) is 3.23. The molecule has 1 aliphatic rings. The number of nitrogens with zero attached hydrogens (tertiary/aromatic N) is 1. The Kier molecular flexibility index (Phi) is 3.01. The van der Waals surface area contributed by atoms with Crippen LogP contribution in [0.25, 0.3) is 0 Å². The number of carbonyl (C=O) groups excluding carboxylic acids is 2. The molecule has 0 spiro atoms. The SMILES string of the molecule is CCN1C(=O)Cc2cc(C(C)C)ccc2C1=O. The first-order chi connectivity index (χ1) is 8.04. The number of carbonyl (C=O) groups is 2. The van der Waals surface area contributed by atoms with E-state index in [1.165, 1.54) is 10.5 Å². The van der Waals surface area contributed by atoms with Gasteiger partial charge in [-0.3, -0.25) is 14.5 Å². The number of hydrogen-bond donors (Lipinski definition) is 0. The number of likely N-dealkylation sites (N-methyl/N-ethyl adjacent to an activating group) is 1. The van der Waals surface area contributed by atoms with E-state index in [1.807, 2.05) is 25.1 Å². The van der Waals surface area contributed by atoms with E-state index in [2.05, 4.69) is 13.8 Å². The van der Waals surface area contributed by atoms with E-state index < -0.39 is 0 Å². The number of amides is 2. The average Bonchev–Trinajstić information content (AvgIpc) is 2.28. The summed E-state index contributed by atoms with van der Waals surface area (Å²) in [5.74, 6) is 0.162. The first-order valence-electron chi connectivity index (χ1n) is 6.02.